The van der Waals surface area contributed by atoms with E-state index in [1.165, 1.54) is 11.1 Å². The minimum Gasteiger partial charge on any atom is -0.320 e. The summed E-state index contributed by atoms with van der Waals surface area (Å²) in [6.45, 7) is 4.07. The third kappa shape index (κ3) is 6.24. The first-order chi connectivity index (χ1) is 22.2. The van der Waals surface area contributed by atoms with Gasteiger partial charge in [-0.05, 0) is 55.4 Å². The van der Waals surface area contributed by atoms with Gasteiger partial charge in [0, 0.05) is 17.0 Å². The summed E-state index contributed by atoms with van der Waals surface area (Å²) in [5, 5.41) is 0. The molecule has 0 saturated heterocycles. The van der Waals surface area contributed by atoms with Crippen molar-refractivity contribution < 1.29 is 21.1 Å². The maximum atomic E-state index is 5.39. The molecule has 0 saturated carbocycles. The average molecular weight is 774 g/mol. The fraction of sp³-hybridized carbons (Fsp3) is 0.0500. The van der Waals surface area contributed by atoms with E-state index in [4.69, 9.17) is 9.97 Å². The molecule has 0 atom stereocenters. The van der Waals surface area contributed by atoms with Crippen LogP contribution >= 0.6 is 0 Å². The quantitative estimate of drug-likeness (QED) is 0.122. The third-order valence-corrected chi connectivity index (χ3v) is 8.02. The minimum atomic E-state index is -0.250. The third-order valence-electron chi connectivity index (χ3n) is 8.02. The van der Waals surface area contributed by atoms with Crippen LogP contribution in [0.4, 0.5) is 17.2 Å². The van der Waals surface area contributed by atoms with Gasteiger partial charge in [0.05, 0.1) is 11.4 Å². The predicted octanol–water partition coefficient (Wildman–Crippen LogP) is 7.14. The summed E-state index contributed by atoms with van der Waals surface area (Å²) >= 11 is 0. The van der Waals surface area contributed by atoms with Gasteiger partial charge in [0.15, 0.2) is 0 Å². The molecular formula is C40H31BN4Pt. The summed E-state index contributed by atoms with van der Waals surface area (Å²) in [5.74, 6) is 0.809. The minimum absolute atomic E-state index is 0. The fourth-order valence-corrected chi connectivity index (χ4v) is 5.96. The Balaban J connectivity index is 0.00000372. The van der Waals surface area contributed by atoms with Gasteiger partial charge in [0.2, 0.25) is 0 Å². The molecule has 5 aromatic carbocycles. The van der Waals surface area contributed by atoms with Crippen LogP contribution in [-0.4, -0.2) is 21.2 Å². The Hall–Kier alpha value is -4.99. The Kier molecular flexibility index (Phi) is 9.42. The summed E-state index contributed by atoms with van der Waals surface area (Å²) < 4.78 is 2.26. The van der Waals surface area contributed by atoms with Gasteiger partial charge in [-0.3, -0.25) is 4.98 Å². The van der Waals surface area contributed by atoms with Crippen molar-refractivity contribution in [2.75, 3.05) is 4.90 Å². The zero-order valence-corrected chi connectivity index (χ0v) is 27.9. The van der Waals surface area contributed by atoms with Crippen molar-refractivity contribution in [3.05, 3.63) is 175 Å². The van der Waals surface area contributed by atoms with Crippen molar-refractivity contribution in [1.29, 1.82) is 0 Å². The maximum absolute atomic E-state index is 5.39. The monoisotopic (exact) mass is 773 g/mol. The van der Waals surface area contributed by atoms with Crippen LogP contribution in [0.1, 0.15) is 11.1 Å². The average Bonchev–Trinajstić information content (AvgIpc) is 3.51. The molecule has 0 fully saturated rings. The molecule has 0 aliphatic rings. The van der Waals surface area contributed by atoms with Gasteiger partial charge < -0.3 is 9.47 Å². The van der Waals surface area contributed by atoms with Crippen molar-refractivity contribution in [3.63, 3.8) is 0 Å². The zero-order valence-electron chi connectivity index (χ0n) is 25.6. The Bertz CT molecular complexity index is 1970. The second-order valence-electron chi connectivity index (χ2n) is 11.1. The van der Waals surface area contributed by atoms with Crippen molar-refractivity contribution >= 4 is 40.7 Å². The maximum Gasteiger partial charge on any atom is 2.00 e. The number of hydrogen-bond acceptors (Lipinski definition) is 3. The van der Waals surface area contributed by atoms with Crippen LogP contribution in [0.2, 0.25) is 0 Å². The van der Waals surface area contributed by atoms with E-state index < -0.39 is 0 Å². The molecule has 0 aliphatic heterocycles. The van der Waals surface area contributed by atoms with Crippen molar-refractivity contribution in [1.82, 2.24) is 14.5 Å². The van der Waals surface area contributed by atoms with Crippen LogP contribution in [0.25, 0.3) is 16.9 Å². The second-order valence-corrected chi connectivity index (χ2v) is 11.1. The van der Waals surface area contributed by atoms with Gasteiger partial charge in [0.25, 0.3) is 0 Å². The molecule has 224 valence electrons. The van der Waals surface area contributed by atoms with E-state index in [1.54, 1.807) is 0 Å². The van der Waals surface area contributed by atoms with E-state index in [0.29, 0.717) is 0 Å². The zero-order chi connectivity index (χ0) is 30.6. The summed E-state index contributed by atoms with van der Waals surface area (Å²) in [7, 11) is 0. The first-order valence-electron chi connectivity index (χ1n) is 15.1. The topological polar surface area (TPSA) is 34.0 Å². The van der Waals surface area contributed by atoms with Gasteiger partial charge >= 0.3 is 27.8 Å². The van der Waals surface area contributed by atoms with Gasteiger partial charge in [-0.25, -0.2) is 4.98 Å². The predicted molar refractivity (Wildman–Crippen MR) is 186 cm³/mol. The number of benzene rings is 5. The standard InChI is InChI=1S/C40H31BN4.Pt/c1-30-17-15-18-31(2)39(30)44-29-36(32-19-7-3-8-20-32)42-40(44)41(33-21-9-4-10-22-33)37-27-16-28-38(43-37)45(34-23-11-5-12-24-34)35-25-13-6-14-26-35;/h3-19,21-25,27-29H,1-2H3;/q-2;+2. The number of para-hydroxylation sites is 3. The van der Waals surface area contributed by atoms with Gasteiger partial charge in [-0.1, -0.05) is 83.9 Å². The largest absolute Gasteiger partial charge is 2.00 e. The number of pyridine rings is 1. The van der Waals surface area contributed by atoms with Crippen LogP contribution < -0.4 is 21.7 Å². The normalized spacial score (nSPS) is 10.7. The molecule has 7 rings (SSSR count). The van der Waals surface area contributed by atoms with Crippen molar-refractivity contribution in [2.24, 2.45) is 0 Å². The number of aromatic nitrogens is 3. The van der Waals surface area contributed by atoms with Crippen LogP contribution in [-0.2, 0) is 21.1 Å². The molecule has 0 aliphatic carbocycles. The molecule has 0 unspecified atom stereocenters. The van der Waals surface area contributed by atoms with Gasteiger partial charge in [0.1, 0.15) is 5.82 Å². The Morgan fingerprint density at radius 3 is 1.96 bits per heavy atom. The Morgan fingerprint density at radius 1 is 0.630 bits per heavy atom. The first kappa shape index (κ1) is 31.0. The number of nitrogens with zero attached hydrogens (tertiary/aromatic N) is 4. The van der Waals surface area contributed by atoms with Crippen molar-refractivity contribution in [3.8, 4) is 16.9 Å². The first-order valence-corrected chi connectivity index (χ1v) is 15.1. The van der Waals surface area contributed by atoms with Crippen LogP contribution in [0, 0.1) is 26.0 Å². The molecular weight excluding hydrogens is 742 g/mol. The van der Waals surface area contributed by atoms with E-state index >= 15 is 0 Å². The molecule has 2 aromatic heterocycles. The molecule has 0 spiro atoms. The summed E-state index contributed by atoms with van der Waals surface area (Å²) in [6, 6.07) is 56.3. The summed E-state index contributed by atoms with van der Waals surface area (Å²) in [6.07, 6.45) is 2.14. The Labute approximate surface area is 285 Å². The van der Waals surface area contributed by atoms with E-state index in [9.17, 15) is 0 Å². The van der Waals surface area contributed by atoms with E-state index in [2.05, 4.69) is 133 Å². The summed E-state index contributed by atoms with van der Waals surface area (Å²) in [4.78, 5) is 12.9. The molecule has 2 heterocycles. The molecule has 0 amide bonds. The molecule has 4 nitrogen and oxygen atoms in total. The SMILES string of the molecule is Cc1cccc(C)c1-n1cc(-c2[c-]cccc2)nc1B(c1ccccc1)c1cccc(N(c2[c-]cccc2)c2ccccc2)n1.[Pt+2]. The van der Waals surface area contributed by atoms with E-state index in [-0.39, 0.29) is 27.8 Å². The number of hydrogen-bond donors (Lipinski definition) is 0. The molecule has 0 N–H and O–H groups in total. The number of anilines is 3. The Morgan fingerprint density at radius 2 is 1.28 bits per heavy atom. The van der Waals surface area contributed by atoms with E-state index in [1.807, 2.05) is 54.6 Å². The van der Waals surface area contributed by atoms with E-state index in [0.717, 1.165) is 50.9 Å². The fourth-order valence-electron chi connectivity index (χ4n) is 5.96. The second kappa shape index (κ2) is 14.0. The van der Waals surface area contributed by atoms with Crippen LogP contribution in [0.15, 0.2) is 152 Å². The van der Waals surface area contributed by atoms with Crippen molar-refractivity contribution in [2.45, 2.75) is 13.8 Å². The molecule has 7 aromatic rings. The number of imidazole rings is 1. The molecule has 6 heteroatoms. The van der Waals surface area contributed by atoms with Gasteiger partial charge in [-0.15, -0.1) is 42.0 Å². The molecule has 46 heavy (non-hydrogen) atoms. The molecule has 0 bridgehead atoms. The summed E-state index contributed by atoms with van der Waals surface area (Å²) in [5.41, 5.74) is 10.2. The molecule has 0 radical (unpaired) electrons. The number of rotatable bonds is 8. The van der Waals surface area contributed by atoms with Crippen LogP contribution in [0.5, 0.6) is 0 Å². The van der Waals surface area contributed by atoms with Crippen LogP contribution in [0.3, 0.4) is 0 Å². The smallest absolute Gasteiger partial charge is 0.320 e. The number of aryl methyl sites for hydroxylation is 2. The van der Waals surface area contributed by atoms with Gasteiger partial charge in [-0.2, -0.15) is 24.3 Å².